The lowest BCUT2D eigenvalue weighted by molar-refractivity contribution is 0.0921. The highest BCUT2D eigenvalue weighted by atomic mass is 16.5. The zero-order valence-corrected chi connectivity index (χ0v) is 19.0. The van der Waals surface area contributed by atoms with E-state index in [1.54, 1.807) is 6.07 Å². The lowest BCUT2D eigenvalue weighted by atomic mass is 10.0. The van der Waals surface area contributed by atoms with E-state index >= 15 is 0 Å². The van der Waals surface area contributed by atoms with Crippen LogP contribution in [0.4, 0.5) is 0 Å². The Morgan fingerprint density at radius 3 is 2.66 bits per heavy atom. The molecule has 0 unspecified atom stereocenters. The number of rotatable bonds is 8. The Labute approximate surface area is 188 Å². The second-order valence-electron chi connectivity index (χ2n) is 8.44. The summed E-state index contributed by atoms with van der Waals surface area (Å²) in [7, 11) is 0. The third kappa shape index (κ3) is 5.02. The molecule has 1 amide bonds. The van der Waals surface area contributed by atoms with Gasteiger partial charge in [-0.2, -0.15) is 0 Å². The van der Waals surface area contributed by atoms with Gasteiger partial charge >= 0.3 is 0 Å². The molecule has 0 spiro atoms. The fourth-order valence-corrected chi connectivity index (χ4v) is 4.04. The van der Waals surface area contributed by atoms with E-state index in [0.717, 1.165) is 50.0 Å². The minimum absolute atomic E-state index is 0.166. The lowest BCUT2D eigenvalue weighted by Crippen LogP contribution is -2.34. The molecule has 1 aliphatic heterocycles. The number of carbonyl (C=O) groups excluding carboxylic acids is 1. The van der Waals surface area contributed by atoms with E-state index in [9.17, 15) is 4.79 Å². The Hall–Kier alpha value is -3.13. The van der Waals surface area contributed by atoms with Gasteiger partial charge in [0.15, 0.2) is 5.82 Å². The van der Waals surface area contributed by atoms with E-state index in [4.69, 9.17) is 9.15 Å². The van der Waals surface area contributed by atoms with Gasteiger partial charge in [0, 0.05) is 32.6 Å². The summed E-state index contributed by atoms with van der Waals surface area (Å²) in [5.74, 6) is 2.69. The molecule has 32 heavy (non-hydrogen) atoms. The van der Waals surface area contributed by atoms with Crippen LogP contribution >= 0.6 is 0 Å². The van der Waals surface area contributed by atoms with Crippen LogP contribution in [0.5, 0.6) is 5.75 Å². The van der Waals surface area contributed by atoms with Gasteiger partial charge in [-0.15, -0.1) is 10.2 Å². The summed E-state index contributed by atoms with van der Waals surface area (Å²) < 4.78 is 12.8. The minimum Gasteiger partial charge on any atom is -0.494 e. The summed E-state index contributed by atoms with van der Waals surface area (Å²) in [5, 5.41) is 12.0. The first-order chi connectivity index (χ1) is 15.5. The highest BCUT2D eigenvalue weighted by Crippen LogP contribution is 2.24. The van der Waals surface area contributed by atoms with Gasteiger partial charge in [-0.25, -0.2) is 0 Å². The first-order valence-corrected chi connectivity index (χ1v) is 11.2. The van der Waals surface area contributed by atoms with Gasteiger partial charge in [-0.1, -0.05) is 26.0 Å². The number of nitrogens with zero attached hydrogens (tertiary/aromatic N) is 4. The predicted molar refractivity (Wildman–Crippen MR) is 120 cm³/mol. The molecule has 0 radical (unpaired) electrons. The first kappa shape index (κ1) is 22.1. The number of hydrogen-bond donors (Lipinski definition) is 1. The smallest absolute Gasteiger partial charge is 0.255 e. The van der Waals surface area contributed by atoms with Crippen LogP contribution in [0.2, 0.25) is 0 Å². The van der Waals surface area contributed by atoms with Gasteiger partial charge in [0.2, 0.25) is 0 Å². The van der Waals surface area contributed by atoms with Gasteiger partial charge < -0.3 is 19.0 Å². The van der Waals surface area contributed by atoms with E-state index in [-0.39, 0.29) is 17.9 Å². The highest BCUT2D eigenvalue weighted by Gasteiger charge is 2.28. The average Bonchev–Trinajstić information content (AvgIpc) is 3.42. The molecule has 1 aromatic carbocycles. The summed E-state index contributed by atoms with van der Waals surface area (Å²) in [4.78, 5) is 15.1. The van der Waals surface area contributed by atoms with Crippen molar-refractivity contribution in [3.63, 3.8) is 0 Å². The van der Waals surface area contributed by atoms with Crippen LogP contribution in [0.3, 0.4) is 0 Å². The number of amides is 1. The second-order valence-corrected chi connectivity index (χ2v) is 8.44. The number of hydrogen-bond acceptors (Lipinski definition) is 6. The number of aromatic nitrogens is 3. The fraction of sp³-hybridized carbons (Fsp3) is 0.458. The van der Waals surface area contributed by atoms with E-state index in [2.05, 4.69) is 51.0 Å². The monoisotopic (exact) mass is 437 g/mol. The molecule has 1 N–H and O–H groups in total. The van der Waals surface area contributed by atoms with Crippen molar-refractivity contribution in [1.29, 1.82) is 0 Å². The normalized spacial score (nSPS) is 15.2. The van der Waals surface area contributed by atoms with Gasteiger partial charge in [-0.05, 0) is 36.6 Å². The molecule has 0 bridgehead atoms. The van der Waals surface area contributed by atoms with Crippen molar-refractivity contribution in [2.24, 2.45) is 5.92 Å². The van der Waals surface area contributed by atoms with E-state index in [0.29, 0.717) is 12.2 Å². The molecule has 170 valence electrons. The molecule has 0 saturated carbocycles. The van der Waals surface area contributed by atoms with Crippen LogP contribution in [0.1, 0.15) is 54.4 Å². The highest BCUT2D eigenvalue weighted by molar-refractivity contribution is 5.94. The van der Waals surface area contributed by atoms with Gasteiger partial charge in [0.25, 0.3) is 5.91 Å². The molecule has 0 fully saturated rings. The number of fused-ring (bicyclic) bond motifs is 1. The van der Waals surface area contributed by atoms with Crippen LogP contribution < -0.4 is 10.1 Å². The molecule has 1 aliphatic rings. The summed E-state index contributed by atoms with van der Waals surface area (Å²) in [5.41, 5.74) is 1.77. The molecule has 3 aromatic rings. The number of nitrogens with one attached hydrogen (secondary N) is 1. The Bertz CT molecular complexity index is 1010. The summed E-state index contributed by atoms with van der Waals surface area (Å²) in [6.07, 6.45) is 3.78. The number of benzene rings is 1. The minimum atomic E-state index is -0.226. The molecule has 1 atom stereocenters. The van der Waals surface area contributed by atoms with Gasteiger partial charge in [0.05, 0.1) is 24.5 Å². The number of ether oxygens (including phenoxy) is 1. The van der Waals surface area contributed by atoms with Gasteiger partial charge in [0.1, 0.15) is 17.8 Å². The molecule has 4 rings (SSSR count). The third-order valence-corrected chi connectivity index (χ3v) is 5.80. The van der Waals surface area contributed by atoms with Crippen LogP contribution in [0.25, 0.3) is 0 Å². The molecule has 8 heteroatoms. The largest absolute Gasteiger partial charge is 0.494 e. The Balaban J connectivity index is 1.44. The van der Waals surface area contributed by atoms with Crippen LogP contribution in [0.15, 0.2) is 47.3 Å². The zero-order valence-electron chi connectivity index (χ0n) is 19.0. The predicted octanol–water partition coefficient (Wildman–Crippen LogP) is 3.46. The molecular weight excluding hydrogens is 406 g/mol. The molecule has 2 aromatic heterocycles. The van der Waals surface area contributed by atoms with Gasteiger partial charge in [-0.3, -0.25) is 9.69 Å². The quantitative estimate of drug-likeness (QED) is 0.581. The van der Waals surface area contributed by atoms with E-state index < -0.39 is 0 Å². The maximum absolute atomic E-state index is 12.6. The Morgan fingerprint density at radius 2 is 1.97 bits per heavy atom. The fourth-order valence-electron chi connectivity index (χ4n) is 4.04. The first-order valence-electron chi connectivity index (χ1n) is 11.2. The van der Waals surface area contributed by atoms with Crippen LogP contribution in [-0.2, 0) is 19.5 Å². The molecule has 8 nitrogen and oxygen atoms in total. The average molecular weight is 438 g/mol. The molecule has 0 aliphatic carbocycles. The SMILES string of the molecule is CCOc1ccc(CN2CCc3nnc([C@@H](NC(=O)c4ccoc4)C(C)C)n3CC2)cc1. The number of carbonyl (C=O) groups is 1. The summed E-state index contributed by atoms with van der Waals surface area (Å²) in [6.45, 7) is 10.3. The Morgan fingerprint density at radius 1 is 1.16 bits per heavy atom. The van der Waals surface area contributed by atoms with Crippen molar-refractivity contribution in [2.45, 2.75) is 46.3 Å². The van der Waals surface area contributed by atoms with Crippen molar-refractivity contribution >= 4 is 5.91 Å². The van der Waals surface area contributed by atoms with E-state index in [1.807, 2.05) is 19.1 Å². The van der Waals surface area contributed by atoms with E-state index in [1.165, 1.54) is 18.1 Å². The van der Waals surface area contributed by atoms with Crippen molar-refractivity contribution in [3.8, 4) is 5.75 Å². The lowest BCUT2D eigenvalue weighted by Gasteiger charge is -2.23. The maximum Gasteiger partial charge on any atom is 0.255 e. The zero-order chi connectivity index (χ0) is 22.5. The topological polar surface area (TPSA) is 85.4 Å². The second kappa shape index (κ2) is 9.99. The Kier molecular flexibility index (Phi) is 6.90. The summed E-state index contributed by atoms with van der Waals surface area (Å²) >= 11 is 0. The van der Waals surface area contributed by atoms with Crippen LogP contribution in [-0.4, -0.2) is 45.3 Å². The third-order valence-electron chi connectivity index (χ3n) is 5.80. The maximum atomic E-state index is 12.6. The summed E-state index contributed by atoms with van der Waals surface area (Å²) in [6, 6.07) is 9.74. The van der Waals surface area contributed by atoms with Crippen molar-refractivity contribution in [1.82, 2.24) is 25.0 Å². The van der Waals surface area contributed by atoms with Crippen LogP contribution in [0, 0.1) is 5.92 Å². The molecule has 0 saturated heterocycles. The molecular formula is C24H31N5O3. The molecule has 3 heterocycles. The van der Waals surface area contributed by atoms with Crippen molar-refractivity contribution in [3.05, 3.63) is 65.6 Å². The van der Waals surface area contributed by atoms with Crippen molar-refractivity contribution in [2.75, 3.05) is 19.7 Å². The number of furan rings is 1. The standard InChI is InChI=1S/C24H31N5O3/c1-4-32-20-7-5-18(6-8-20)15-28-11-9-21-26-27-23(29(21)13-12-28)22(17(2)3)25-24(30)19-10-14-31-16-19/h5-8,10,14,16-17,22H,4,9,11-13,15H2,1-3H3,(H,25,30)/t22-/m0/s1. The van der Waals surface area contributed by atoms with Crippen molar-refractivity contribution < 1.29 is 13.9 Å².